The molecule has 2 atom stereocenters. The van der Waals surface area contributed by atoms with Crippen molar-refractivity contribution >= 4 is 5.97 Å². The molecule has 176 valence electrons. The van der Waals surface area contributed by atoms with Crippen molar-refractivity contribution in [3.63, 3.8) is 0 Å². The number of unbranched alkanes of at least 4 members (excludes halogenated alkanes) is 8. The van der Waals surface area contributed by atoms with Gasteiger partial charge in [-0.3, -0.25) is 4.79 Å². The van der Waals surface area contributed by atoms with Gasteiger partial charge >= 0.3 is 5.97 Å². The fourth-order valence-corrected chi connectivity index (χ4v) is 2.93. The van der Waals surface area contributed by atoms with Gasteiger partial charge in [0.2, 0.25) is 0 Å². The van der Waals surface area contributed by atoms with Crippen molar-refractivity contribution in [2.45, 2.75) is 96.1 Å². The maximum Gasteiger partial charge on any atom is 0.306 e. The highest BCUT2D eigenvalue weighted by Crippen LogP contribution is 2.12. The molecule has 0 heterocycles. The largest absolute Gasteiger partial charge is 0.461 e. The van der Waals surface area contributed by atoms with Gasteiger partial charge in [-0.15, -0.1) is 6.42 Å². The minimum Gasteiger partial charge on any atom is -0.461 e. The van der Waals surface area contributed by atoms with Crippen LogP contribution in [0.25, 0.3) is 10.4 Å². The molecule has 0 aliphatic rings. The molecule has 0 saturated carbocycles. The van der Waals surface area contributed by atoms with E-state index in [0.717, 1.165) is 19.3 Å². The SMILES string of the molecule is C#CC#CC#CCC(CCOCC(CO)N=[N+]=[N-])OC(=O)CCCCCCCCCCC. The van der Waals surface area contributed by atoms with Crippen molar-refractivity contribution in [1.29, 1.82) is 0 Å². The highest BCUT2D eigenvalue weighted by Gasteiger charge is 2.14. The number of hydrogen-bond donors (Lipinski definition) is 1. The lowest BCUT2D eigenvalue weighted by molar-refractivity contribution is -0.149. The third-order valence-electron chi connectivity index (χ3n) is 4.72. The molecule has 32 heavy (non-hydrogen) atoms. The molecule has 1 N–H and O–H groups in total. The number of terminal acetylenes is 1. The van der Waals surface area contributed by atoms with Crippen molar-refractivity contribution in [2.24, 2.45) is 5.11 Å². The number of carbonyl (C=O) groups excluding carboxylic acids is 1. The summed E-state index contributed by atoms with van der Waals surface area (Å²) in [5.41, 5.74) is 8.43. The Kier molecular flexibility index (Phi) is 21.2. The van der Waals surface area contributed by atoms with Gasteiger partial charge in [0, 0.05) is 24.2 Å². The van der Waals surface area contributed by atoms with Crippen molar-refractivity contribution in [1.82, 2.24) is 0 Å². The fourth-order valence-electron chi connectivity index (χ4n) is 2.93. The Morgan fingerprint density at radius 3 is 2.41 bits per heavy atom. The zero-order chi connectivity index (χ0) is 23.7. The van der Waals surface area contributed by atoms with E-state index >= 15 is 0 Å². The molecule has 0 aromatic rings. The number of carbonyl (C=O) groups is 1. The molecule has 0 fully saturated rings. The van der Waals surface area contributed by atoms with Gasteiger partial charge < -0.3 is 14.6 Å². The number of rotatable bonds is 19. The van der Waals surface area contributed by atoms with E-state index in [-0.39, 0.29) is 25.8 Å². The summed E-state index contributed by atoms with van der Waals surface area (Å²) >= 11 is 0. The van der Waals surface area contributed by atoms with Gasteiger partial charge in [0.25, 0.3) is 0 Å². The van der Waals surface area contributed by atoms with Crippen LogP contribution in [0, 0.1) is 36.0 Å². The zero-order valence-corrected chi connectivity index (χ0v) is 19.4. The second-order valence-electron chi connectivity index (χ2n) is 7.50. The molecular formula is C25H37N3O4. The second-order valence-corrected chi connectivity index (χ2v) is 7.50. The molecule has 0 radical (unpaired) electrons. The maximum atomic E-state index is 12.2. The fraction of sp³-hybridized carbons (Fsp3) is 0.720. The van der Waals surface area contributed by atoms with E-state index in [1.807, 2.05) is 0 Å². The first kappa shape index (κ1) is 29.4. The number of aliphatic hydroxyl groups excluding tert-OH is 1. The third kappa shape index (κ3) is 19.3. The van der Waals surface area contributed by atoms with Crippen LogP contribution in [0.2, 0.25) is 0 Å². The lowest BCUT2D eigenvalue weighted by atomic mass is 10.1. The summed E-state index contributed by atoms with van der Waals surface area (Å²) < 4.78 is 11.0. The van der Waals surface area contributed by atoms with Crippen LogP contribution in [0.15, 0.2) is 5.11 Å². The first-order valence-corrected chi connectivity index (χ1v) is 11.5. The molecule has 0 bridgehead atoms. The molecule has 7 nitrogen and oxygen atoms in total. The highest BCUT2D eigenvalue weighted by atomic mass is 16.5. The molecule has 0 saturated heterocycles. The third-order valence-corrected chi connectivity index (χ3v) is 4.72. The Labute approximate surface area is 193 Å². The summed E-state index contributed by atoms with van der Waals surface area (Å²) in [7, 11) is 0. The van der Waals surface area contributed by atoms with Crippen molar-refractivity contribution in [2.75, 3.05) is 19.8 Å². The monoisotopic (exact) mass is 443 g/mol. The summed E-state index contributed by atoms with van der Waals surface area (Å²) in [6.45, 7) is 2.31. The topological polar surface area (TPSA) is 105 Å². The number of aliphatic hydroxyl groups is 1. The maximum absolute atomic E-state index is 12.2. The number of esters is 1. The van der Waals surface area contributed by atoms with Crippen molar-refractivity contribution in [3.05, 3.63) is 10.4 Å². The van der Waals surface area contributed by atoms with Gasteiger partial charge in [-0.2, -0.15) is 0 Å². The molecule has 2 unspecified atom stereocenters. The molecule has 7 heteroatoms. The summed E-state index contributed by atoms with van der Waals surface area (Å²) in [4.78, 5) is 14.9. The molecule has 0 aromatic carbocycles. The number of azide groups is 1. The van der Waals surface area contributed by atoms with E-state index < -0.39 is 12.1 Å². The summed E-state index contributed by atoms with van der Waals surface area (Å²) in [5.74, 6) is 12.4. The average molecular weight is 444 g/mol. The highest BCUT2D eigenvalue weighted by molar-refractivity contribution is 5.69. The van der Waals surface area contributed by atoms with Crippen molar-refractivity contribution < 1.29 is 19.4 Å². The van der Waals surface area contributed by atoms with E-state index in [1.54, 1.807) is 0 Å². The van der Waals surface area contributed by atoms with Crippen molar-refractivity contribution in [3.8, 4) is 36.0 Å². The molecule has 0 aromatic heterocycles. The Morgan fingerprint density at radius 2 is 1.78 bits per heavy atom. The van der Waals surface area contributed by atoms with Crippen LogP contribution >= 0.6 is 0 Å². The Bertz CT molecular complexity index is 703. The molecule has 0 spiro atoms. The molecule has 0 rings (SSSR count). The van der Waals surface area contributed by atoms with E-state index in [2.05, 4.69) is 46.6 Å². The summed E-state index contributed by atoms with van der Waals surface area (Å²) in [5, 5.41) is 12.5. The molecule has 0 amide bonds. The van der Waals surface area contributed by atoms with Crippen LogP contribution in [0.4, 0.5) is 0 Å². The lowest BCUT2D eigenvalue weighted by Crippen LogP contribution is -2.22. The first-order chi connectivity index (χ1) is 15.7. The predicted molar refractivity (Wildman–Crippen MR) is 126 cm³/mol. The average Bonchev–Trinajstić information content (AvgIpc) is 2.79. The standard InChI is InChI=1S/C25H37N3O4/c1-3-5-7-9-10-11-12-14-16-18-25(30)32-24(17-15-13-8-6-4-2)19-20-31-22-23(21-29)27-28-26/h2,23-24,29H,3,5,7,9-12,14,16-22H2,1H3. The van der Waals surface area contributed by atoms with E-state index in [1.165, 1.54) is 38.5 Å². The first-order valence-electron chi connectivity index (χ1n) is 11.5. The van der Waals surface area contributed by atoms with Gasteiger partial charge in [0.05, 0.1) is 25.9 Å². The predicted octanol–water partition coefficient (Wildman–Crippen LogP) is 4.93. The van der Waals surface area contributed by atoms with Gasteiger partial charge in [0.1, 0.15) is 6.10 Å². The number of hydrogen-bond acceptors (Lipinski definition) is 5. The van der Waals surface area contributed by atoms with Crippen LogP contribution < -0.4 is 0 Å². The van der Waals surface area contributed by atoms with Crippen LogP contribution in [0.1, 0.15) is 84.0 Å². The van der Waals surface area contributed by atoms with Gasteiger partial charge in [-0.1, -0.05) is 69.3 Å². The minimum atomic E-state index is -0.633. The number of ether oxygens (including phenoxy) is 2. The van der Waals surface area contributed by atoms with Crippen LogP contribution in [-0.4, -0.2) is 43.0 Å². The van der Waals surface area contributed by atoms with E-state index in [4.69, 9.17) is 26.5 Å². The number of nitrogens with zero attached hydrogens (tertiary/aromatic N) is 3. The Hall–Kier alpha value is -2.62. The summed E-state index contributed by atoms with van der Waals surface area (Å²) in [6, 6.07) is -0.633. The Morgan fingerprint density at radius 1 is 1.09 bits per heavy atom. The van der Waals surface area contributed by atoms with Crippen LogP contribution in [0.5, 0.6) is 0 Å². The smallest absolute Gasteiger partial charge is 0.306 e. The molecule has 0 aliphatic carbocycles. The molecule has 0 aliphatic heterocycles. The quantitative estimate of drug-likeness (QED) is 0.0763. The van der Waals surface area contributed by atoms with Crippen LogP contribution in [0.3, 0.4) is 0 Å². The van der Waals surface area contributed by atoms with Gasteiger partial charge in [0.15, 0.2) is 0 Å². The van der Waals surface area contributed by atoms with Crippen LogP contribution in [-0.2, 0) is 14.3 Å². The van der Waals surface area contributed by atoms with Gasteiger partial charge in [-0.05, 0) is 35.6 Å². The second kappa shape index (κ2) is 23.1. The van der Waals surface area contributed by atoms with E-state index in [9.17, 15) is 4.79 Å². The molecular weight excluding hydrogens is 406 g/mol. The summed E-state index contributed by atoms with van der Waals surface area (Å²) in [6.07, 6.45) is 16.5. The van der Waals surface area contributed by atoms with E-state index in [0.29, 0.717) is 19.3 Å². The van der Waals surface area contributed by atoms with Gasteiger partial charge in [-0.25, -0.2) is 0 Å². The zero-order valence-electron chi connectivity index (χ0n) is 19.4. The minimum absolute atomic E-state index is 0.0962. The lowest BCUT2D eigenvalue weighted by Gasteiger charge is -2.16. The Balaban J connectivity index is 4.28. The normalized spacial score (nSPS) is 11.5.